The zero-order valence-corrected chi connectivity index (χ0v) is 15.0. The van der Waals surface area contributed by atoms with E-state index in [0.717, 1.165) is 32.0 Å². The molecule has 1 aliphatic carbocycles. The Morgan fingerprint density at radius 2 is 1.96 bits per heavy atom. The van der Waals surface area contributed by atoms with E-state index in [1.54, 1.807) is 24.3 Å². The molecular weight excluding hydrogens is 336 g/mol. The highest BCUT2D eigenvalue weighted by molar-refractivity contribution is 7.89. The maximum Gasteiger partial charge on any atom is 0.240 e. The molecule has 1 atom stereocenters. The van der Waals surface area contributed by atoms with Crippen LogP contribution in [0.15, 0.2) is 47.5 Å². The Morgan fingerprint density at radius 1 is 1.16 bits per heavy atom. The molecule has 0 saturated heterocycles. The molecule has 4 rings (SSSR count). The average molecular weight is 360 g/mol. The molecule has 1 aromatic carbocycles. The van der Waals surface area contributed by atoms with Crippen molar-refractivity contribution in [3.63, 3.8) is 0 Å². The Labute approximate surface area is 148 Å². The summed E-state index contributed by atoms with van der Waals surface area (Å²) in [7, 11) is -3.44. The highest BCUT2D eigenvalue weighted by Gasteiger charge is 2.30. The largest absolute Gasteiger partial charge is 0.295 e. The Hall–Kier alpha value is -1.70. The number of fused-ring (bicyclic) bond motifs is 1. The molecule has 1 fully saturated rings. The molecule has 25 heavy (non-hydrogen) atoms. The lowest BCUT2D eigenvalue weighted by atomic mass is 10.1. The Balaban J connectivity index is 1.38. The molecule has 134 valence electrons. The molecule has 0 spiro atoms. The first-order chi connectivity index (χ1) is 12.1. The van der Waals surface area contributed by atoms with Gasteiger partial charge in [-0.15, -0.1) is 0 Å². The molecule has 1 unspecified atom stereocenters. The third-order valence-corrected chi connectivity index (χ3v) is 6.47. The lowest BCUT2D eigenvalue weighted by Crippen LogP contribution is -2.40. The number of sulfonamides is 1. The molecular formula is C18H24N4O2S. The van der Waals surface area contributed by atoms with Gasteiger partial charge in [0.15, 0.2) is 0 Å². The normalized spacial score (nSPS) is 21.2. The van der Waals surface area contributed by atoms with E-state index in [9.17, 15) is 8.42 Å². The molecule has 0 amide bonds. The lowest BCUT2D eigenvalue weighted by Gasteiger charge is -2.34. The monoisotopic (exact) mass is 360 g/mol. The van der Waals surface area contributed by atoms with Gasteiger partial charge in [-0.25, -0.2) is 13.1 Å². The van der Waals surface area contributed by atoms with Gasteiger partial charge in [0.1, 0.15) is 0 Å². The SMILES string of the molecule is O=S(=O)(NCCC1CN(CC2CC2)Cc2ccnn21)c1ccccc1. The van der Waals surface area contributed by atoms with E-state index in [-0.39, 0.29) is 6.04 Å². The van der Waals surface area contributed by atoms with Gasteiger partial charge in [-0.3, -0.25) is 9.58 Å². The highest BCUT2D eigenvalue weighted by atomic mass is 32.2. The van der Waals surface area contributed by atoms with Crippen molar-refractivity contribution in [2.24, 2.45) is 5.92 Å². The van der Waals surface area contributed by atoms with Crippen LogP contribution in [-0.4, -0.2) is 42.7 Å². The fraction of sp³-hybridized carbons (Fsp3) is 0.500. The predicted molar refractivity (Wildman–Crippen MR) is 95.5 cm³/mol. The number of benzene rings is 1. The van der Waals surface area contributed by atoms with Gasteiger partial charge in [-0.1, -0.05) is 18.2 Å². The fourth-order valence-electron chi connectivity index (χ4n) is 3.53. The zero-order valence-electron chi connectivity index (χ0n) is 14.2. The van der Waals surface area contributed by atoms with Crippen molar-refractivity contribution in [3.8, 4) is 0 Å². The smallest absolute Gasteiger partial charge is 0.240 e. The van der Waals surface area contributed by atoms with E-state index in [4.69, 9.17) is 0 Å². The third kappa shape index (κ3) is 3.94. The van der Waals surface area contributed by atoms with Crippen LogP contribution < -0.4 is 4.72 Å². The van der Waals surface area contributed by atoms with Gasteiger partial charge in [0.05, 0.1) is 16.6 Å². The summed E-state index contributed by atoms with van der Waals surface area (Å²) in [5, 5.41) is 4.45. The van der Waals surface area contributed by atoms with E-state index in [0.29, 0.717) is 11.4 Å². The van der Waals surface area contributed by atoms with Crippen molar-refractivity contribution in [3.05, 3.63) is 48.3 Å². The second-order valence-corrected chi connectivity index (χ2v) is 8.82. The van der Waals surface area contributed by atoms with Crippen LogP contribution in [0.4, 0.5) is 0 Å². The summed E-state index contributed by atoms with van der Waals surface area (Å²) in [6.45, 7) is 3.46. The van der Waals surface area contributed by atoms with Crippen LogP contribution in [0.1, 0.15) is 31.0 Å². The molecule has 0 bridgehead atoms. The van der Waals surface area contributed by atoms with Crippen LogP contribution in [0.2, 0.25) is 0 Å². The summed E-state index contributed by atoms with van der Waals surface area (Å²) in [5.74, 6) is 0.853. The fourth-order valence-corrected chi connectivity index (χ4v) is 4.59. The van der Waals surface area contributed by atoms with Crippen molar-refractivity contribution in [2.75, 3.05) is 19.6 Å². The predicted octanol–water partition coefficient (Wildman–Crippen LogP) is 2.02. The summed E-state index contributed by atoms with van der Waals surface area (Å²) in [5.41, 5.74) is 1.22. The van der Waals surface area contributed by atoms with Gasteiger partial charge in [0.25, 0.3) is 0 Å². The maximum absolute atomic E-state index is 12.3. The van der Waals surface area contributed by atoms with E-state index < -0.39 is 10.0 Å². The van der Waals surface area contributed by atoms with Gasteiger partial charge < -0.3 is 0 Å². The first kappa shape index (κ1) is 16.8. The first-order valence-corrected chi connectivity index (χ1v) is 10.4. The quantitative estimate of drug-likeness (QED) is 0.820. The Kier molecular flexibility index (Phi) is 4.62. The van der Waals surface area contributed by atoms with Crippen LogP contribution >= 0.6 is 0 Å². The lowest BCUT2D eigenvalue weighted by molar-refractivity contribution is 0.163. The summed E-state index contributed by atoms with van der Waals surface area (Å²) >= 11 is 0. The number of rotatable bonds is 7. The molecule has 1 aliphatic heterocycles. The Bertz CT molecular complexity index is 815. The molecule has 6 nitrogen and oxygen atoms in total. The van der Waals surface area contributed by atoms with Crippen molar-refractivity contribution >= 4 is 10.0 Å². The van der Waals surface area contributed by atoms with E-state index in [1.165, 1.54) is 18.5 Å². The van der Waals surface area contributed by atoms with E-state index >= 15 is 0 Å². The molecule has 2 aliphatic rings. The summed E-state index contributed by atoms with van der Waals surface area (Å²) in [4.78, 5) is 2.80. The summed E-state index contributed by atoms with van der Waals surface area (Å²) < 4.78 is 29.5. The van der Waals surface area contributed by atoms with Crippen molar-refractivity contribution in [2.45, 2.75) is 36.7 Å². The summed E-state index contributed by atoms with van der Waals surface area (Å²) in [6.07, 6.45) is 5.27. The molecule has 1 N–H and O–H groups in total. The second-order valence-electron chi connectivity index (χ2n) is 7.06. The van der Waals surface area contributed by atoms with Gasteiger partial charge in [-0.2, -0.15) is 5.10 Å². The Morgan fingerprint density at radius 3 is 2.72 bits per heavy atom. The van der Waals surface area contributed by atoms with Crippen molar-refractivity contribution in [1.29, 1.82) is 0 Å². The van der Waals surface area contributed by atoms with Crippen LogP contribution in [-0.2, 0) is 16.6 Å². The highest BCUT2D eigenvalue weighted by Crippen LogP contribution is 2.32. The number of hydrogen-bond acceptors (Lipinski definition) is 4. The third-order valence-electron chi connectivity index (χ3n) is 4.99. The number of nitrogens with one attached hydrogen (secondary N) is 1. The van der Waals surface area contributed by atoms with Crippen LogP contribution in [0.25, 0.3) is 0 Å². The minimum absolute atomic E-state index is 0.218. The number of aromatic nitrogens is 2. The molecule has 0 radical (unpaired) electrons. The standard InChI is InChI=1S/C18H24N4O2S/c23-25(24,18-4-2-1-3-5-18)20-11-9-17-14-21(12-15-6-7-15)13-16-8-10-19-22(16)17/h1-5,8,10,15,17,20H,6-7,9,11-14H2. The van der Waals surface area contributed by atoms with Crippen molar-refractivity contribution in [1.82, 2.24) is 19.4 Å². The van der Waals surface area contributed by atoms with Gasteiger partial charge in [-0.05, 0) is 43.4 Å². The molecule has 2 heterocycles. The minimum Gasteiger partial charge on any atom is -0.295 e. The van der Waals surface area contributed by atoms with Gasteiger partial charge >= 0.3 is 0 Å². The van der Waals surface area contributed by atoms with Gasteiger partial charge in [0, 0.05) is 32.4 Å². The molecule has 2 aromatic rings. The topological polar surface area (TPSA) is 67.2 Å². The molecule has 1 saturated carbocycles. The van der Waals surface area contributed by atoms with Crippen molar-refractivity contribution < 1.29 is 8.42 Å². The maximum atomic E-state index is 12.3. The van der Waals surface area contributed by atoms with Crippen LogP contribution in [0.3, 0.4) is 0 Å². The minimum atomic E-state index is -3.44. The average Bonchev–Trinajstić information content (AvgIpc) is 3.29. The zero-order chi connectivity index (χ0) is 17.3. The van der Waals surface area contributed by atoms with Crippen LogP contribution in [0.5, 0.6) is 0 Å². The van der Waals surface area contributed by atoms with Crippen LogP contribution in [0, 0.1) is 5.92 Å². The number of nitrogens with zero attached hydrogens (tertiary/aromatic N) is 3. The van der Waals surface area contributed by atoms with Gasteiger partial charge in [0.2, 0.25) is 10.0 Å². The van der Waals surface area contributed by atoms with E-state index in [1.807, 2.05) is 12.3 Å². The summed E-state index contributed by atoms with van der Waals surface area (Å²) in [6, 6.07) is 10.8. The molecule has 1 aromatic heterocycles. The molecule has 7 heteroatoms. The number of hydrogen-bond donors (Lipinski definition) is 1. The first-order valence-electron chi connectivity index (χ1n) is 8.91. The van der Waals surface area contributed by atoms with E-state index in [2.05, 4.69) is 25.5 Å². The second kappa shape index (κ2) is 6.90.